The summed E-state index contributed by atoms with van der Waals surface area (Å²) in [5, 5.41) is 13.8. The van der Waals surface area contributed by atoms with Gasteiger partial charge in [-0.05, 0) is 30.3 Å². The second kappa shape index (κ2) is 6.53. The second-order valence-electron chi connectivity index (χ2n) is 4.55. The maximum absolute atomic E-state index is 13.6. The molecule has 1 heterocycles. The molecule has 8 heteroatoms. The number of benzene rings is 2. The topological polar surface area (TPSA) is 62.7 Å². The molecule has 0 amide bonds. The Labute approximate surface area is 135 Å². The first kappa shape index (κ1) is 15.1. The van der Waals surface area contributed by atoms with Gasteiger partial charge in [-0.3, -0.25) is 0 Å². The quantitative estimate of drug-likeness (QED) is 0.745. The fraction of sp³-hybridized carbons (Fsp3) is 0. The Morgan fingerprint density at radius 1 is 1.00 bits per heavy atom. The number of aromatic nitrogens is 3. The van der Waals surface area contributed by atoms with Crippen LogP contribution in [0.2, 0.25) is 5.02 Å². The van der Waals surface area contributed by atoms with Crippen molar-refractivity contribution in [1.29, 1.82) is 0 Å². The summed E-state index contributed by atoms with van der Waals surface area (Å²) in [5.74, 6) is -0.944. The lowest BCUT2D eigenvalue weighted by Gasteiger charge is -2.08. The SMILES string of the molecule is Fc1ccc(Nc2nncc(Nc3cccc(Cl)c3)n2)c(F)c1. The first-order valence-electron chi connectivity index (χ1n) is 6.54. The van der Waals surface area contributed by atoms with Crippen molar-refractivity contribution in [3.05, 3.63) is 65.3 Å². The molecule has 0 bridgehead atoms. The number of anilines is 4. The van der Waals surface area contributed by atoms with E-state index >= 15 is 0 Å². The smallest absolute Gasteiger partial charge is 0.249 e. The highest BCUT2D eigenvalue weighted by molar-refractivity contribution is 6.30. The minimum atomic E-state index is -0.748. The van der Waals surface area contributed by atoms with E-state index in [2.05, 4.69) is 25.8 Å². The van der Waals surface area contributed by atoms with Crippen LogP contribution >= 0.6 is 11.6 Å². The van der Waals surface area contributed by atoms with Crippen LogP contribution in [0.4, 0.5) is 31.9 Å². The molecule has 0 atom stereocenters. The van der Waals surface area contributed by atoms with Gasteiger partial charge >= 0.3 is 0 Å². The van der Waals surface area contributed by atoms with Crippen LogP contribution in [0.1, 0.15) is 0 Å². The summed E-state index contributed by atoms with van der Waals surface area (Å²) < 4.78 is 26.5. The molecule has 5 nitrogen and oxygen atoms in total. The molecule has 0 aliphatic heterocycles. The van der Waals surface area contributed by atoms with Gasteiger partial charge < -0.3 is 10.6 Å². The van der Waals surface area contributed by atoms with Crippen molar-refractivity contribution in [2.75, 3.05) is 10.6 Å². The summed E-state index contributed by atoms with van der Waals surface area (Å²) in [6.07, 6.45) is 1.41. The first-order chi connectivity index (χ1) is 11.1. The average Bonchev–Trinajstić information content (AvgIpc) is 2.51. The third kappa shape index (κ3) is 3.89. The van der Waals surface area contributed by atoms with Crippen molar-refractivity contribution in [3.63, 3.8) is 0 Å². The van der Waals surface area contributed by atoms with Gasteiger partial charge in [0.1, 0.15) is 11.6 Å². The molecule has 0 spiro atoms. The Hall–Kier alpha value is -2.80. The second-order valence-corrected chi connectivity index (χ2v) is 4.99. The lowest BCUT2D eigenvalue weighted by Crippen LogP contribution is -2.03. The number of nitrogens with one attached hydrogen (secondary N) is 2. The Morgan fingerprint density at radius 3 is 2.65 bits per heavy atom. The Bertz CT molecular complexity index is 844. The number of rotatable bonds is 4. The van der Waals surface area contributed by atoms with E-state index in [1.54, 1.807) is 24.3 Å². The van der Waals surface area contributed by atoms with Crippen LogP contribution in [-0.4, -0.2) is 15.2 Å². The molecule has 0 saturated heterocycles. The van der Waals surface area contributed by atoms with Crippen LogP contribution < -0.4 is 10.6 Å². The Morgan fingerprint density at radius 2 is 1.87 bits per heavy atom. The van der Waals surface area contributed by atoms with Gasteiger partial charge in [0.2, 0.25) is 5.95 Å². The van der Waals surface area contributed by atoms with Crippen molar-refractivity contribution >= 4 is 34.7 Å². The molecular formula is C15H10ClF2N5. The zero-order valence-corrected chi connectivity index (χ0v) is 12.4. The van der Waals surface area contributed by atoms with Gasteiger partial charge in [0.25, 0.3) is 0 Å². The van der Waals surface area contributed by atoms with Gasteiger partial charge in [0.05, 0.1) is 11.9 Å². The number of hydrogen-bond acceptors (Lipinski definition) is 5. The summed E-state index contributed by atoms with van der Waals surface area (Å²) >= 11 is 5.91. The Kier molecular flexibility index (Phi) is 4.29. The number of hydrogen-bond donors (Lipinski definition) is 2. The molecule has 0 aliphatic carbocycles. The summed E-state index contributed by atoms with van der Waals surface area (Å²) in [7, 11) is 0. The average molecular weight is 334 g/mol. The van der Waals surface area contributed by atoms with Gasteiger partial charge in [-0.25, -0.2) is 8.78 Å². The van der Waals surface area contributed by atoms with Crippen LogP contribution in [-0.2, 0) is 0 Å². The fourth-order valence-corrected chi connectivity index (χ4v) is 2.03. The van der Waals surface area contributed by atoms with Crippen molar-refractivity contribution in [2.24, 2.45) is 0 Å². The minimum absolute atomic E-state index is 0.0492. The summed E-state index contributed by atoms with van der Waals surface area (Å²) in [6, 6.07) is 10.2. The normalized spacial score (nSPS) is 10.4. The van der Waals surface area contributed by atoms with Crippen molar-refractivity contribution in [3.8, 4) is 0 Å². The zero-order valence-electron chi connectivity index (χ0n) is 11.6. The Balaban J connectivity index is 1.79. The van der Waals surface area contributed by atoms with Gasteiger partial charge in [-0.2, -0.15) is 10.1 Å². The van der Waals surface area contributed by atoms with Gasteiger partial charge in [0.15, 0.2) is 5.82 Å². The molecule has 0 radical (unpaired) electrons. The van der Waals surface area contributed by atoms with Crippen LogP contribution in [0.5, 0.6) is 0 Å². The predicted octanol–water partition coefficient (Wildman–Crippen LogP) is 4.29. The molecule has 0 aliphatic rings. The molecule has 2 aromatic carbocycles. The van der Waals surface area contributed by atoms with E-state index in [1.165, 1.54) is 12.3 Å². The molecule has 3 rings (SSSR count). The standard InChI is InChI=1S/C15H10ClF2N5/c16-9-2-1-3-11(6-9)20-14-8-19-23-15(22-14)21-13-5-4-10(17)7-12(13)18/h1-8H,(H2,20,21,22,23). The van der Waals surface area contributed by atoms with Crippen LogP contribution in [0.15, 0.2) is 48.7 Å². The first-order valence-corrected chi connectivity index (χ1v) is 6.92. The maximum atomic E-state index is 13.6. The number of halogens is 3. The predicted molar refractivity (Wildman–Crippen MR) is 84.2 cm³/mol. The van der Waals surface area contributed by atoms with E-state index in [1.807, 2.05) is 0 Å². The van der Waals surface area contributed by atoms with Crippen LogP contribution in [0, 0.1) is 11.6 Å². The third-order valence-electron chi connectivity index (χ3n) is 2.83. The van der Waals surface area contributed by atoms with Crippen LogP contribution in [0.3, 0.4) is 0 Å². The van der Waals surface area contributed by atoms with Gasteiger partial charge in [-0.1, -0.05) is 17.7 Å². The van der Waals surface area contributed by atoms with Gasteiger partial charge in [-0.15, -0.1) is 5.10 Å². The largest absolute Gasteiger partial charge is 0.339 e. The van der Waals surface area contributed by atoms with E-state index in [0.29, 0.717) is 10.8 Å². The molecular weight excluding hydrogens is 324 g/mol. The van der Waals surface area contributed by atoms with E-state index in [4.69, 9.17) is 11.6 Å². The highest BCUT2D eigenvalue weighted by Gasteiger charge is 2.07. The van der Waals surface area contributed by atoms with E-state index in [-0.39, 0.29) is 11.6 Å². The van der Waals surface area contributed by atoms with Crippen LogP contribution in [0.25, 0.3) is 0 Å². The third-order valence-corrected chi connectivity index (χ3v) is 3.07. The highest BCUT2D eigenvalue weighted by atomic mass is 35.5. The van der Waals surface area contributed by atoms with Gasteiger partial charge in [0, 0.05) is 16.8 Å². The zero-order chi connectivity index (χ0) is 16.2. The summed E-state index contributed by atoms with van der Waals surface area (Å²) in [6.45, 7) is 0. The monoisotopic (exact) mass is 333 g/mol. The maximum Gasteiger partial charge on any atom is 0.249 e. The molecule has 23 heavy (non-hydrogen) atoms. The van der Waals surface area contributed by atoms with E-state index < -0.39 is 11.6 Å². The minimum Gasteiger partial charge on any atom is -0.339 e. The lowest BCUT2D eigenvalue weighted by molar-refractivity contribution is 0.586. The number of nitrogens with zero attached hydrogens (tertiary/aromatic N) is 3. The van der Waals surface area contributed by atoms with Crippen molar-refractivity contribution in [2.45, 2.75) is 0 Å². The molecule has 0 unspecified atom stereocenters. The lowest BCUT2D eigenvalue weighted by atomic mass is 10.3. The molecule has 0 saturated carbocycles. The van der Waals surface area contributed by atoms with E-state index in [0.717, 1.165) is 17.8 Å². The fourth-order valence-electron chi connectivity index (χ4n) is 1.84. The molecule has 3 aromatic rings. The molecule has 1 aromatic heterocycles. The molecule has 116 valence electrons. The van der Waals surface area contributed by atoms with Crippen molar-refractivity contribution in [1.82, 2.24) is 15.2 Å². The molecule has 0 fully saturated rings. The highest BCUT2D eigenvalue weighted by Crippen LogP contribution is 2.21. The van der Waals surface area contributed by atoms with E-state index in [9.17, 15) is 8.78 Å². The summed E-state index contributed by atoms with van der Waals surface area (Å²) in [4.78, 5) is 4.16. The summed E-state index contributed by atoms with van der Waals surface area (Å²) in [5.41, 5.74) is 0.769. The van der Waals surface area contributed by atoms with Crippen molar-refractivity contribution < 1.29 is 8.78 Å². The molecule has 2 N–H and O–H groups in total.